The van der Waals surface area contributed by atoms with Crippen LogP contribution >= 0.6 is 24.8 Å². The van der Waals surface area contributed by atoms with E-state index in [2.05, 4.69) is 31.0 Å². The molecule has 0 aromatic rings. The van der Waals surface area contributed by atoms with Crippen LogP contribution in [-0.2, 0) is 0 Å². The third-order valence-electron chi connectivity index (χ3n) is 4.76. The number of rotatable bonds is 2. The van der Waals surface area contributed by atoms with Gasteiger partial charge < -0.3 is 10.2 Å². The van der Waals surface area contributed by atoms with Crippen molar-refractivity contribution in [2.24, 2.45) is 10.8 Å². The van der Waals surface area contributed by atoms with Crippen LogP contribution < -0.4 is 5.32 Å². The summed E-state index contributed by atoms with van der Waals surface area (Å²) in [5.74, 6) is 0. The zero-order chi connectivity index (χ0) is 12.4. The van der Waals surface area contributed by atoms with Gasteiger partial charge in [-0.1, -0.05) is 20.8 Å². The monoisotopic (exact) mass is 310 g/mol. The Hall–Kier alpha value is 0.500. The number of nitrogens with one attached hydrogen (secondary N) is 1. The Morgan fingerprint density at radius 1 is 0.947 bits per heavy atom. The number of piperidine rings is 2. The second-order valence-corrected chi connectivity index (χ2v) is 7.40. The Morgan fingerprint density at radius 2 is 1.47 bits per heavy atom. The average Bonchev–Trinajstić information content (AvgIpc) is 2.29. The fourth-order valence-electron chi connectivity index (χ4n) is 3.20. The molecule has 4 heteroatoms. The van der Waals surface area contributed by atoms with Gasteiger partial charge in [0.2, 0.25) is 0 Å². The highest BCUT2D eigenvalue weighted by Crippen LogP contribution is 2.39. The maximum Gasteiger partial charge on any atom is -0.00134 e. The number of hydrogen-bond donors (Lipinski definition) is 1. The molecule has 2 fully saturated rings. The zero-order valence-corrected chi connectivity index (χ0v) is 14.5. The van der Waals surface area contributed by atoms with Crippen LogP contribution in [0, 0.1) is 10.8 Å². The standard InChI is InChI=1S/C15H30N2.2ClH/c1-14(2,3)6-11-17-12-7-15(8-13-17)4-9-16-10-5-15;;/h16H,4-13H2,1-3H3;2*1H. The van der Waals surface area contributed by atoms with E-state index >= 15 is 0 Å². The lowest BCUT2D eigenvalue weighted by Crippen LogP contribution is -2.46. The van der Waals surface area contributed by atoms with E-state index in [1.54, 1.807) is 0 Å². The zero-order valence-electron chi connectivity index (χ0n) is 12.8. The summed E-state index contributed by atoms with van der Waals surface area (Å²) >= 11 is 0. The highest BCUT2D eigenvalue weighted by molar-refractivity contribution is 5.85. The summed E-state index contributed by atoms with van der Waals surface area (Å²) in [5, 5.41) is 3.50. The fraction of sp³-hybridized carbons (Fsp3) is 1.00. The molecule has 0 atom stereocenters. The third kappa shape index (κ3) is 6.20. The van der Waals surface area contributed by atoms with E-state index in [0.717, 1.165) is 0 Å². The summed E-state index contributed by atoms with van der Waals surface area (Å²) in [4.78, 5) is 2.69. The molecule has 19 heavy (non-hydrogen) atoms. The molecule has 1 N–H and O–H groups in total. The quantitative estimate of drug-likeness (QED) is 0.836. The minimum atomic E-state index is 0. The lowest BCUT2D eigenvalue weighted by Gasteiger charge is -2.44. The first-order valence-corrected chi connectivity index (χ1v) is 7.42. The van der Waals surface area contributed by atoms with Crippen molar-refractivity contribution in [3.8, 4) is 0 Å². The van der Waals surface area contributed by atoms with Crippen LogP contribution in [0.25, 0.3) is 0 Å². The first-order valence-electron chi connectivity index (χ1n) is 7.42. The van der Waals surface area contributed by atoms with Crippen LogP contribution in [0.5, 0.6) is 0 Å². The second kappa shape index (κ2) is 8.07. The molecule has 116 valence electrons. The predicted molar refractivity (Wildman–Crippen MR) is 88.8 cm³/mol. The molecule has 0 amide bonds. The van der Waals surface area contributed by atoms with Crippen molar-refractivity contribution in [2.45, 2.75) is 52.9 Å². The lowest BCUT2D eigenvalue weighted by atomic mass is 9.71. The Bertz CT molecular complexity index is 235. The second-order valence-electron chi connectivity index (χ2n) is 7.40. The van der Waals surface area contributed by atoms with Crippen molar-refractivity contribution in [3.63, 3.8) is 0 Å². The predicted octanol–water partition coefficient (Wildman–Crippen LogP) is 3.73. The van der Waals surface area contributed by atoms with Crippen LogP contribution in [0.2, 0.25) is 0 Å². The number of halogens is 2. The average molecular weight is 311 g/mol. The summed E-state index contributed by atoms with van der Waals surface area (Å²) in [6.45, 7) is 13.6. The highest BCUT2D eigenvalue weighted by atomic mass is 35.5. The van der Waals surface area contributed by atoms with Gasteiger partial charge in [-0.05, 0) is 75.7 Å². The molecule has 0 saturated carbocycles. The first kappa shape index (κ1) is 19.5. The van der Waals surface area contributed by atoms with E-state index < -0.39 is 0 Å². The van der Waals surface area contributed by atoms with Gasteiger partial charge in [-0.15, -0.1) is 24.8 Å². The van der Waals surface area contributed by atoms with E-state index in [4.69, 9.17) is 0 Å². The van der Waals surface area contributed by atoms with Gasteiger partial charge in [-0.3, -0.25) is 0 Å². The van der Waals surface area contributed by atoms with Crippen molar-refractivity contribution in [1.29, 1.82) is 0 Å². The summed E-state index contributed by atoms with van der Waals surface area (Å²) in [7, 11) is 0. The summed E-state index contributed by atoms with van der Waals surface area (Å²) < 4.78 is 0. The molecule has 2 saturated heterocycles. The van der Waals surface area contributed by atoms with Crippen LogP contribution in [0.1, 0.15) is 52.9 Å². The summed E-state index contributed by atoms with van der Waals surface area (Å²) in [6, 6.07) is 0. The van der Waals surface area contributed by atoms with Gasteiger partial charge in [0.15, 0.2) is 0 Å². The Morgan fingerprint density at radius 3 is 1.95 bits per heavy atom. The normalized spacial score (nSPS) is 23.5. The van der Waals surface area contributed by atoms with Crippen LogP contribution in [0.4, 0.5) is 0 Å². The van der Waals surface area contributed by atoms with E-state index in [-0.39, 0.29) is 24.8 Å². The minimum Gasteiger partial charge on any atom is -0.317 e. The van der Waals surface area contributed by atoms with Crippen LogP contribution in [-0.4, -0.2) is 37.6 Å². The Balaban J connectivity index is 0.00000162. The molecule has 2 nitrogen and oxygen atoms in total. The van der Waals surface area contributed by atoms with Crippen molar-refractivity contribution in [3.05, 3.63) is 0 Å². The molecule has 1 spiro atoms. The largest absolute Gasteiger partial charge is 0.317 e. The fourth-order valence-corrected chi connectivity index (χ4v) is 3.20. The third-order valence-corrected chi connectivity index (χ3v) is 4.76. The molecule has 2 aliphatic rings. The van der Waals surface area contributed by atoms with E-state index in [1.807, 2.05) is 0 Å². The Labute approximate surface area is 131 Å². The number of likely N-dealkylation sites (tertiary alicyclic amines) is 1. The molecule has 0 aromatic carbocycles. The van der Waals surface area contributed by atoms with E-state index in [1.165, 1.54) is 64.8 Å². The number of nitrogens with zero attached hydrogens (tertiary/aromatic N) is 1. The Kier molecular flexibility index (Phi) is 8.28. The van der Waals surface area contributed by atoms with E-state index in [9.17, 15) is 0 Å². The molecular weight excluding hydrogens is 279 g/mol. The van der Waals surface area contributed by atoms with Crippen molar-refractivity contribution in [1.82, 2.24) is 10.2 Å². The molecule has 0 unspecified atom stereocenters. The molecule has 0 aliphatic carbocycles. The van der Waals surface area contributed by atoms with Crippen molar-refractivity contribution in [2.75, 3.05) is 32.7 Å². The SMILES string of the molecule is CC(C)(C)CCN1CCC2(CCNCC2)CC1.Cl.Cl. The number of hydrogen-bond acceptors (Lipinski definition) is 2. The van der Waals surface area contributed by atoms with Gasteiger partial charge in [0.25, 0.3) is 0 Å². The highest BCUT2D eigenvalue weighted by Gasteiger charge is 2.35. The maximum atomic E-state index is 3.50. The minimum absolute atomic E-state index is 0. The molecule has 2 aliphatic heterocycles. The van der Waals surface area contributed by atoms with Gasteiger partial charge in [0.1, 0.15) is 0 Å². The van der Waals surface area contributed by atoms with Gasteiger partial charge in [-0.2, -0.15) is 0 Å². The van der Waals surface area contributed by atoms with Crippen LogP contribution in [0.15, 0.2) is 0 Å². The molecule has 2 rings (SSSR count). The summed E-state index contributed by atoms with van der Waals surface area (Å²) in [6.07, 6.45) is 7.05. The first-order chi connectivity index (χ1) is 7.99. The van der Waals surface area contributed by atoms with Crippen LogP contribution in [0.3, 0.4) is 0 Å². The summed E-state index contributed by atoms with van der Waals surface area (Å²) in [5.41, 5.74) is 1.20. The smallest absolute Gasteiger partial charge is 0.00134 e. The molecule has 0 radical (unpaired) electrons. The van der Waals surface area contributed by atoms with E-state index in [0.29, 0.717) is 10.8 Å². The van der Waals surface area contributed by atoms with Crippen molar-refractivity contribution < 1.29 is 0 Å². The molecule has 2 heterocycles. The molecular formula is C15H32Cl2N2. The van der Waals surface area contributed by atoms with Gasteiger partial charge in [-0.25, -0.2) is 0 Å². The molecule has 0 aromatic heterocycles. The van der Waals surface area contributed by atoms with Gasteiger partial charge in [0, 0.05) is 0 Å². The van der Waals surface area contributed by atoms with Crippen molar-refractivity contribution >= 4 is 24.8 Å². The topological polar surface area (TPSA) is 15.3 Å². The lowest BCUT2D eigenvalue weighted by molar-refractivity contribution is 0.0682. The van der Waals surface area contributed by atoms with Gasteiger partial charge in [0.05, 0.1) is 0 Å². The van der Waals surface area contributed by atoms with Gasteiger partial charge >= 0.3 is 0 Å². The maximum absolute atomic E-state index is 3.50. The molecule has 0 bridgehead atoms.